The molecule has 1 aliphatic heterocycles. The molecule has 0 radical (unpaired) electrons. The maximum Gasteiger partial charge on any atom is 0.234 e. The number of rotatable bonds is 5. The molecule has 1 aliphatic rings. The van der Waals surface area contributed by atoms with Gasteiger partial charge in [0.1, 0.15) is 16.4 Å². The van der Waals surface area contributed by atoms with Gasteiger partial charge in [0.25, 0.3) is 0 Å². The molecule has 1 aromatic carbocycles. The second-order valence-electron chi connectivity index (χ2n) is 6.68. The third-order valence-electron chi connectivity index (χ3n) is 4.59. The summed E-state index contributed by atoms with van der Waals surface area (Å²) in [6.45, 7) is 2.15. The molecule has 4 rings (SSSR count). The van der Waals surface area contributed by atoms with Crippen LogP contribution < -0.4 is 10.2 Å². The normalized spacial score (nSPS) is 16.2. The Morgan fingerprint density at radius 1 is 1.32 bits per heavy atom. The number of hydrogen-bond donors (Lipinski definition) is 2. The molecule has 3 heterocycles. The standard InChI is InChI=1S/C19H19ClN4OS3/c1-24-8-7-13-14(9-24)28-18-16(13)17(22-19(23-18)26-2)27-10-15(25)21-12-5-3-11(20)4-6-12/h3-6H,7-10H2,1-2H3,(H,21,25)/p+1. The number of hydrogen-bond acceptors (Lipinski definition) is 6. The molecule has 146 valence electrons. The van der Waals surface area contributed by atoms with E-state index in [1.807, 2.05) is 6.26 Å². The number of carbonyl (C=O) groups is 1. The fourth-order valence-electron chi connectivity index (χ4n) is 3.22. The van der Waals surface area contributed by atoms with Gasteiger partial charge in [-0.1, -0.05) is 35.1 Å². The fourth-order valence-corrected chi connectivity index (χ4v) is 6.08. The zero-order valence-electron chi connectivity index (χ0n) is 15.5. The Morgan fingerprint density at radius 3 is 2.86 bits per heavy atom. The summed E-state index contributed by atoms with van der Waals surface area (Å²) in [7, 11) is 2.23. The summed E-state index contributed by atoms with van der Waals surface area (Å²) in [5.74, 6) is 0.247. The van der Waals surface area contributed by atoms with Crippen LogP contribution in [0.25, 0.3) is 10.2 Å². The number of halogens is 1. The SMILES string of the molecule is CSc1nc(SCC(=O)Nc2ccc(Cl)cc2)c2c3c(sc2n1)C[NH+](C)CC3. The molecule has 1 amide bonds. The monoisotopic (exact) mass is 451 g/mol. The molecule has 0 bridgehead atoms. The molecule has 9 heteroatoms. The van der Waals surface area contributed by atoms with E-state index in [0.29, 0.717) is 10.8 Å². The predicted octanol–water partition coefficient (Wildman–Crippen LogP) is 3.37. The van der Waals surface area contributed by atoms with Gasteiger partial charge in [-0.3, -0.25) is 4.79 Å². The highest BCUT2D eigenvalue weighted by Crippen LogP contribution is 2.37. The van der Waals surface area contributed by atoms with Gasteiger partial charge in [-0.2, -0.15) is 0 Å². The number of thioether (sulfide) groups is 2. The van der Waals surface area contributed by atoms with Crippen LogP contribution in [-0.4, -0.2) is 41.5 Å². The quantitative estimate of drug-likeness (QED) is 0.354. The van der Waals surface area contributed by atoms with Gasteiger partial charge in [0.15, 0.2) is 5.16 Å². The molecule has 2 aromatic heterocycles. The Labute approximate surface area is 181 Å². The smallest absolute Gasteiger partial charge is 0.234 e. The molecule has 2 N–H and O–H groups in total. The highest BCUT2D eigenvalue weighted by Gasteiger charge is 2.25. The summed E-state index contributed by atoms with van der Waals surface area (Å²) < 4.78 is 0. The second-order valence-corrected chi connectivity index (χ2v) is 9.93. The lowest BCUT2D eigenvalue weighted by Crippen LogP contribution is -3.08. The van der Waals surface area contributed by atoms with E-state index >= 15 is 0 Å². The number of aromatic nitrogens is 2. The number of quaternary nitrogens is 1. The van der Waals surface area contributed by atoms with Gasteiger partial charge in [0, 0.05) is 22.5 Å². The molecular weight excluding hydrogens is 432 g/mol. The first-order valence-corrected chi connectivity index (χ1v) is 12.3. The molecule has 28 heavy (non-hydrogen) atoms. The van der Waals surface area contributed by atoms with Crippen molar-refractivity contribution < 1.29 is 9.69 Å². The van der Waals surface area contributed by atoms with Gasteiger partial charge in [0.2, 0.25) is 5.91 Å². The highest BCUT2D eigenvalue weighted by atomic mass is 35.5. The minimum absolute atomic E-state index is 0.0574. The molecule has 5 nitrogen and oxygen atoms in total. The van der Waals surface area contributed by atoms with Gasteiger partial charge in [-0.15, -0.1) is 11.3 Å². The number of likely N-dealkylation sites (N-methyl/N-ethyl adjacent to an activating group) is 1. The van der Waals surface area contributed by atoms with E-state index in [4.69, 9.17) is 21.6 Å². The lowest BCUT2D eigenvalue weighted by atomic mass is 10.1. The van der Waals surface area contributed by atoms with Gasteiger partial charge in [0.05, 0.1) is 24.2 Å². The van der Waals surface area contributed by atoms with Crippen molar-refractivity contribution in [1.82, 2.24) is 9.97 Å². The zero-order valence-corrected chi connectivity index (χ0v) is 18.7. The molecular formula is C19H20ClN4OS3+. The van der Waals surface area contributed by atoms with Crippen LogP contribution in [0.3, 0.4) is 0 Å². The molecule has 0 saturated carbocycles. The average molecular weight is 452 g/mol. The number of anilines is 1. The summed E-state index contributed by atoms with van der Waals surface area (Å²) in [5.41, 5.74) is 2.12. The van der Waals surface area contributed by atoms with Crippen molar-refractivity contribution in [1.29, 1.82) is 0 Å². The molecule has 0 fully saturated rings. The van der Waals surface area contributed by atoms with Gasteiger partial charge in [-0.05, 0) is 36.1 Å². The number of thiophene rings is 1. The van der Waals surface area contributed by atoms with Crippen molar-refractivity contribution in [2.45, 2.75) is 23.1 Å². The van der Waals surface area contributed by atoms with Crippen LogP contribution in [0.1, 0.15) is 10.4 Å². The van der Waals surface area contributed by atoms with E-state index < -0.39 is 0 Å². The van der Waals surface area contributed by atoms with E-state index in [0.717, 1.165) is 45.6 Å². The van der Waals surface area contributed by atoms with Gasteiger partial charge < -0.3 is 10.2 Å². The van der Waals surface area contributed by atoms with Crippen LogP contribution in [0.4, 0.5) is 5.69 Å². The third-order valence-corrected chi connectivity index (χ3v) is 7.50. The summed E-state index contributed by atoms with van der Waals surface area (Å²) in [4.78, 5) is 25.8. The summed E-state index contributed by atoms with van der Waals surface area (Å²) in [6, 6.07) is 7.13. The number of benzene rings is 1. The van der Waals surface area contributed by atoms with E-state index in [-0.39, 0.29) is 5.91 Å². The minimum atomic E-state index is -0.0574. The minimum Gasteiger partial charge on any atom is -0.333 e. The van der Waals surface area contributed by atoms with Crippen LogP contribution in [0.5, 0.6) is 0 Å². The Balaban J connectivity index is 1.57. The van der Waals surface area contributed by atoms with Crippen molar-refractivity contribution in [3.63, 3.8) is 0 Å². The zero-order chi connectivity index (χ0) is 19.7. The summed E-state index contributed by atoms with van der Waals surface area (Å²) in [5, 5.41) is 6.38. The number of fused-ring (bicyclic) bond motifs is 3. The molecule has 0 saturated heterocycles. The van der Waals surface area contributed by atoms with Crippen molar-refractivity contribution in [3.05, 3.63) is 39.7 Å². The van der Waals surface area contributed by atoms with Crippen molar-refractivity contribution in [3.8, 4) is 0 Å². The topological polar surface area (TPSA) is 59.3 Å². The van der Waals surface area contributed by atoms with Crippen LogP contribution in [-0.2, 0) is 17.8 Å². The number of carbonyl (C=O) groups excluding carboxylic acids is 1. The lowest BCUT2D eigenvalue weighted by molar-refractivity contribution is -0.895. The maximum atomic E-state index is 12.4. The lowest BCUT2D eigenvalue weighted by Gasteiger charge is -2.19. The van der Waals surface area contributed by atoms with E-state index in [9.17, 15) is 4.79 Å². The van der Waals surface area contributed by atoms with Crippen LogP contribution in [0, 0.1) is 0 Å². The van der Waals surface area contributed by atoms with Crippen LogP contribution >= 0.6 is 46.5 Å². The maximum absolute atomic E-state index is 12.4. The molecule has 0 aliphatic carbocycles. The van der Waals surface area contributed by atoms with Crippen LogP contribution in [0.2, 0.25) is 5.02 Å². The summed E-state index contributed by atoms with van der Waals surface area (Å²) in [6.07, 6.45) is 3.02. The van der Waals surface area contributed by atoms with Gasteiger partial charge in [-0.25, -0.2) is 9.97 Å². The Kier molecular flexibility index (Phi) is 6.13. The molecule has 1 atom stereocenters. The molecule has 1 unspecified atom stereocenters. The van der Waals surface area contributed by atoms with Crippen LogP contribution in [0.15, 0.2) is 34.4 Å². The van der Waals surface area contributed by atoms with E-state index in [1.165, 1.54) is 38.9 Å². The third kappa shape index (κ3) is 4.31. The van der Waals surface area contributed by atoms with E-state index in [2.05, 4.69) is 12.4 Å². The Bertz CT molecular complexity index is 1020. The largest absolute Gasteiger partial charge is 0.333 e. The van der Waals surface area contributed by atoms with E-state index in [1.54, 1.807) is 35.6 Å². The highest BCUT2D eigenvalue weighted by molar-refractivity contribution is 8.00. The second kappa shape index (κ2) is 8.59. The molecule has 3 aromatic rings. The number of nitrogens with zero attached hydrogens (tertiary/aromatic N) is 2. The first kappa shape index (κ1) is 20.0. The predicted molar refractivity (Wildman–Crippen MR) is 119 cm³/mol. The van der Waals surface area contributed by atoms with Crippen molar-refractivity contribution in [2.24, 2.45) is 0 Å². The van der Waals surface area contributed by atoms with Crippen molar-refractivity contribution >= 4 is 68.3 Å². The van der Waals surface area contributed by atoms with Gasteiger partial charge >= 0.3 is 0 Å². The Morgan fingerprint density at radius 2 is 2.11 bits per heavy atom. The fraction of sp³-hybridized carbons (Fsp3) is 0.316. The first-order valence-electron chi connectivity index (χ1n) is 8.89. The number of nitrogens with one attached hydrogen (secondary N) is 2. The van der Waals surface area contributed by atoms with Crippen molar-refractivity contribution in [2.75, 3.05) is 30.9 Å². The first-order chi connectivity index (χ1) is 13.5. The molecule has 0 spiro atoms. The summed E-state index contributed by atoms with van der Waals surface area (Å²) >= 11 is 10.7. The average Bonchev–Trinajstić information content (AvgIpc) is 3.05. The number of amides is 1. The Hall–Kier alpha value is -1.32.